The first-order valence-corrected chi connectivity index (χ1v) is 27.2. The van der Waals surface area contributed by atoms with Gasteiger partial charge in [-0.25, -0.2) is 0 Å². The van der Waals surface area contributed by atoms with Crippen molar-refractivity contribution in [1.82, 2.24) is 47.9 Å². The van der Waals surface area contributed by atoms with Gasteiger partial charge in [0.25, 0.3) is 0 Å². The summed E-state index contributed by atoms with van der Waals surface area (Å²) in [6, 6.07) is -12.6. The number of guanidine groups is 3. The van der Waals surface area contributed by atoms with Crippen LogP contribution in [0.1, 0.15) is 85.5 Å². The van der Waals surface area contributed by atoms with Crippen molar-refractivity contribution in [3.8, 4) is 0 Å². The van der Waals surface area contributed by atoms with Gasteiger partial charge in [0.1, 0.15) is 54.4 Å². The Morgan fingerprint density at radius 3 is 0.947 bits per heavy atom. The monoisotopic (exact) mass is 1120 g/mol. The maximum atomic E-state index is 14.3. The molecule has 1 saturated heterocycles. The fourth-order valence-electron chi connectivity index (χ4n) is 7.26. The van der Waals surface area contributed by atoms with Gasteiger partial charge in [0.05, 0.1) is 6.61 Å². The third-order valence-corrected chi connectivity index (χ3v) is 12.5. The van der Waals surface area contributed by atoms with Crippen LogP contribution in [0.2, 0.25) is 0 Å². The molecule has 0 unspecified atom stereocenters. The second-order valence-electron chi connectivity index (χ2n) is 18.5. The SMILES string of the molecule is CSCC[C@@H]1NC(=O)[C@H](CCCN=C(N)N)NC(=O)[C@H](CC(C)C)NC(=O)[C@H](CC(C)C)NC(=O)[C@H](CS)NC(=O)[C@H](CS)NC(=O)[C@H](CCCN=C(N)N)NC(=O)[C@H](CO)NC(=O)[C@H](CCCN=C(N)N)NC1=O. The Bertz CT molecular complexity index is 1990. The second kappa shape index (κ2) is 36.1. The van der Waals surface area contributed by atoms with Crippen molar-refractivity contribution in [2.45, 2.75) is 140 Å². The van der Waals surface area contributed by atoms with Gasteiger partial charge in [-0.05, 0) is 81.6 Å². The fraction of sp³-hybridized carbons (Fsp3) is 0.727. The Morgan fingerprint density at radius 2 is 0.680 bits per heavy atom. The van der Waals surface area contributed by atoms with Gasteiger partial charge in [-0.1, -0.05) is 27.7 Å². The van der Waals surface area contributed by atoms with Crippen molar-refractivity contribution in [2.75, 3.05) is 49.8 Å². The topological polar surface area (TPSA) is 475 Å². The first kappa shape index (κ1) is 67.1. The average Bonchev–Trinajstić information content (AvgIpc) is 3.33. The molecule has 9 amide bonds. The first-order chi connectivity index (χ1) is 35.4. The molecule has 0 aromatic heterocycles. The molecule has 1 heterocycles. The number of nitrogens with two attached hydrogens (primary N) is 6. The van der Waals surface area contributed by atoms with Gasteiger partial charge in [-0.2, -0.15) is 37.0 Å². The lowest BCUT2D eigenvalue weighted by atomic mass is 9.99. The minimum absolute atomic E-state index is 0.0120. The number of rotatable bonds is 22. The Hall–Kier alpha value is -5.95. The molecule has 22 N–H and O–H groups in total. The number of carbonyl (C=O) groups excluding carboxylic acids is 9. The highest BCUT2D eigenvalue weighted by Crippen LogP contribution is 2.13. The predicted octanol–water partition coefficient (Wildman–Crippen LogP) is -5.78. The Balaban J connectivity index is 4.08. The first-order valence-electron chi connectivity index (χ1n) is 24.6. The van der Waals surface area contributed by atoms with E-state index in [-0.39, 0.29) is 119 Å². The lowest BCUT2D eigenvalue weighted by Gasteiger charge is -2.29. The van der Waals surface area contributed by atoms with Gasteiger partial charge < -0.3 is 87.4 Å². The molecule has 1 aliphatic rings. The molecule has 0 aromatic carbocycles. The number of carbonyl (C=O) groups is 9. The van der Waals surface area contributed by atoms with E-state index in [1.54, 1.807) is 34.0 Å². The Kier molecular flexibility index (Phi) is 32.3. The summed E-state index contributed by atoms with van der Waals surface area (Å²) in [5.41, 5.74) is 33.0. The van der Waals surface area contributed by atoms with Crippen LogP contribution in [0, 0.1) is 11.8 Å². The van der Waals surface area contributed by atoms with Gasteiger partial charge >= 0.3 is 0 Å². The van der Waals surface area contributed by atoms with E-state index in [0.717, 1.165) is 0 Å². The minimum atomic E-state index is -1.72. The highest BCUT2D eigenvalue weighted by Gasteiger charge is 2.36. The summed E-state index contributed by atoms with van der Waals surface area (Å²) >= 11 is 9.87. The van der Waals surface area contributed by atoms with Crippen LogP contribution in [-0.4, -0.2) is 180 Å². The molecule has 1 aliphatic heterocycles. The van der Waals surface area contributed by atoms with Crippen LogP contribution in [-0.2, 0) is 43.2 Å². The molecule has 0 spiro atoms. The van der Waals surface area contributed by atoms with E-state index < -0.39 is 114 Å². The van der Waals surface area contributed by atoms with E-state index in [1.165, 1.54) is 11.8 Å². The van der Waals surface area contributed by atoms with E-state index in [1.807, 2.05) is 0 Å². The van der Waals surface area contributed by atoms with E-state index in [2.05, 4.69) is 88.1 Å². The van der Waals surface area contributed by atoms with Gasteiger partial charge in [0, 0.05) is 31.1 Å². The quantitative estimate of drug-likeness (QED) is 0.0208. The molecule has 0 bridgehead atoms. The average molecular weight is 1120 g/mol. The Labute approximate surface area is 453 Å². The maximum Gasteiger partial charge on any atom is 0.245 e. The summed E-state index contributed by atoms with van der Waals surface area (Å²) in [6.07, 6.45) is 2.03. The molecule has 0 aromatic rings. The van der Waals surface area contributed by atoms with Gasteiger partial charge in [0.2, 0.25) is 53.2 Å². The Morgan fingerprint density at radius 1 is 0.440 bits per heavy atom. The summed E-state index contributed by atoms with van der Waals surface area (Å²) in [6.45, 7) is 6.30. The summed E-state index contributed by atoms with van der Waals surface area (Å²) in [5.74, 6) is -9.15. The number of thiol groups is 2. The third-order valence-electron chi connectivity index (χ3n) is 11.1. The van der Waals surface area contributed by atoms with Crippen LogP contribution in [0.15, 0.2) is 15.0 Å². The van der Waals surface area contributed by atoms with Crippen molar-refractivity contribution in [2.24, 2.45) is 61.2 Å². The maximum absolute atomic E-state index is 14.3. The lowest BCUT2D eigenvalue weighted by Crippen LogP contribution is -2.61. The number of aliphatic hydroxyl groups is 1. The molecule has 426 valence electrons. The summed E-state index contributed by atoms with van der Waals surface area (Å²) < 4.78 is 0. The number of amides is 9. The summed E-state index contributed by atoms with van der Waals surface area (Å²) in [5, 5.41) is 33.8. The highest BCUT2D eigenvalue weighted by molar-refractivity contribution is 7.98. The van der Waals surface area contributed by atoms with E-state index >= 15 is 0 Å². The van der Waals surface area contributed by atoms with Crippen molar-refractivity contribution in [1.29, 1.82) is 0 Å². The summed E-state index contributed by atoms with van der Waals surface area (Å²) in [7, 11) is 0. The zero-order valence-electron chi connectivity index (χ0n) is 43.4. The van der Waals surface area contributed by atoms with Gasteiger partial charge in [0.15, 0.2) is 17.9 Å². The van der Waals surface area contributed by atoms with Crippen LogP contribution >= 0.6 is 37.0 Å². The van der Waals surface area contributed by atoms with Crippen LogP contribution < -0.4 is 82.3 Å². The smallest absolute Gasteiger partial charge is 0.245 e. The van der Waals surface area contributed by atoms with Crippen LogP contribution in [0.3, 0.4) is 0 Å². The second-order valence-corrected chi connectivity index (χ2v) is 20.2. The minimum Gasteiger partial charge on any atom is -0.394 e. The molecule has 1 fully saturated rings. The lowest BCUT2D eigenvalue weighted by molar-refractivity contribution is -0.136. The van der Waals surface area contributed by atoms with Crippen LogP contribution in [0.5, 0.6) is 0 Å². The third kappa shape index (κ3) is 26.9. The largest absolute Gasteiger partial charge is 0.394 e. The molecular weight excluding hydrogens is 1040 g/mol. The number of nitrogens with one attached hydrogen (secondary N) is 9. The zero-order valence-corrected chi connectivity index (χ0v) is 46.0. The standard InChI is InChI=1S/C44H82N18O10S3/c1-22(2)17-28-37(68)55-24(9-6-13-51-42(45)46)33(64)57-27(12-16-75-5)36(67)54-25(10-7-14-52-43(47)48)34(65)60-30(19-63)39(70)56-26(11-8-15-53-44(49)50)35(66)61-32(21-74)41(72)62-31(20-73)40(71)59-29(18-23(3)4)38(69)58-28/h22-32,63,73-74H,6-21H2,1-5H3,(H,54,67)(H,55,68)(H,56,70)(H,57,64)(H,58,69)(H,59,71)(H,60,65)(H,61,66)(H,62,72)(H4,45,46,51)(H4,47,48,52)(H4,49,50,53)/t24-,25-,26-,27-,28-,29-,30-,31-,32-/m0/s1. The molecule has 31 heteroatoms. The zero-order chi connectivity index (χ0) is 56.8. The number of nitrogens with zero attached hydrogens (tertiary/aromatic N) is 3. The molecular formula is C44H82N18O10S3. The number of aliphatic hydroxyl groups excluding tert-OH is 1. The molecule has 28 nitrogen and oxygen atoms in total. The van der Waals surface area contributed by atoms with Crippen molar-refractivity contribution < 1.29 is 48.3 Å². The molecule has 0 aliphatic carbocycles. The fourth-order valence-corrected chi connectivity index (χ4v) is 8.25. The van der Waals surface area contributed by atoms with E-state index in [4.69, 9.17) is 34.4 Å². The van der Waals surface area contributed by atoms with Crippen LogP contribution in [0.4, 0.5) is 0 Å². The molecule has 0 radical (unpaired) electrons. The van der Waals surface area contributed by atoms with E-state index in [9.17, 15) is 48.3 Å². The van der Waals surface area contributed by atoms with Crippen molar-refractivity contribution >= 4 is 108 Å². The number of aliphatic imine (C=N–C) groups is 3. The number of thioether (sulfide) groups is 1. The van der Waals surface area contributed by atoms with E-state index in [0.29, 0.717) is 5.75 Å². The van der Waals surface area contributed by atoms with Crippen molar-refractivity contribution in [3.63, 3.8) is 0 Å². The molecule has 9 atom stereocenters. The molecule has 1 rings (SSSR count). The highest BCUT2D eigenvalue weighted by atomic mass is 32.2. The number of hydrogen-bond acceptors (Lipinski definition) is 16. The summed E-state index contributed by atoms with van der Waals surface area (Å²) in [4.78, 5) is 138. The normalized spacial score (nSPS) is 24.4. The predicted molar refractivity (Wildman–Crippen MR) is 294 cm³/mol. The van der Waals surface area contributed by atoms with Gasteiger partial charge in [-0.3, -0.25) is 58.1 Å². The van der Waals surface area contributed by atoms with Crippen molar-refractivity contribution in [3.05, 3.63) is 0 Å². The molecule has 75 heavy (non-hydrogen) atoms. The number of hydrogen-bond donors (Lipinski definition) is 18. The molecule has 0 saturated carbocycles. The van der Waals surface area contributed by atoms with Crippen LogP contribution in [0.25, 0.3) is 0 Å². The van der Waals surface area contributed by atoms with Gasteiger partial charge in [-0.15, -0.1) is 0 Å².